The van der Waals surface area contributed by atoms with Crippen molar-refractivity contribution in [2.45, 2.75) is 31.7 Å². The molecule has 2 rings (SSSR count). The number of aliphatic hydroxyl groups is 1. The third kappa shape index (κ3) is 2.41. The second-order valence-electron chi connectivity index (χ2n) is 4.13. The summed E-state index contributed by atoms with van der Waals surface area (Å²) in [5.74, 6) is 1.12. The van der Waals surface area contributed by atoms with Crippen molar-refractivity contribution in [1.82, 2.24) is 9.97 Å². The van der Waals surface area contributed by atoms with Crippen LogP contribution in [0.5, 0.6) is 0 Å². The Labute approximate surface area is 95.3 Å². The first-order valence-electron chi connectivity index (χ1n) is 5.77. The molecule has 1 heterocycles. The summed E-state index contributed by atoms with van der Waals surface area (Å²) < 4.78 is 0. The van der Waals surface area contributed by atoms with Crippen molar-refractivity contribution >= 4 is 11.8 Å². The lowest BCUT2D eigenvalue weighted by molar-refractivity contribution is 0.297. The molecule has 5 heteroatoms. The van der Waals surface area contributed by atoms with Gasteiger partial charge in [0.15, 0.2) is 0 Å². The van der Waals surface area contributed by atoms with Crippen LogP contribution >= 0.6 is 0 Å². The largest absolute Gasteiger partial charge is 0.395 e. The number of aliphatic hydroxyl groups excluding tert-OH is 1. The molecule has 0 radical (unpaired) electrons. The monoisotopic (exact) mass is 222 g/mol. The van der Waals surface area contributed by atoms with Crippen molar-refractivity contribution in [3.05, 3.63) is 12.3 Å². The summed E-state index contributed by atoms with van der Waals surface area (Å²) in [5.41, 5.74) is 5.58. The minimum Gasteiger partial charge on any atom is -0.395 e. The van der Waals surface area contributed by atoms with Crippen LogP contribution < -0.4 is 10.6 Å². The number of hydrogen-bond acceptors (Lipinski definition) is 5. The van der Waals surface area contributed by atoms with Crippen LogP contribution in [0.25, 0.3) is 0 Å². The van der Waals surface area contributed by atoms with Crippen molar-refractivity contribution in [2.24, 2.45) is 0 Å². The number of rotatable bonds is 4. The van der Waals surface area contributed by atoms with Gasteiger partial charge in [-0.15, -0.1) is 0 Å². The van der Waals surface area contributed by atoms with Crippen LogP contribution in [0.2, 0.25) is 0 Å². The van der Waals surface area contributed by atoms with Crippen LogP contribution in [-0.4, -0.2) is 34.3 Å². The van der Waals surface area contributed by atoms with Crippen molar-refractivity contribution in [1.29, 1.82) is 0 Å². The molecule has 1 aliphatic rings. The molecular formula is C11H18N4O. The number of aromatic nitrogens is 2. The first-order chi connectivity index (χ1) is 7.81. The lowest BCUT2D eigenvalue weighted by Crippen LogP contribution is -2.36. The number of nitrogens with two attached hydrogens (primary N) is 1. The Morgan fingerprint density at radius 3 is 2.81 bits per heavy atom. The van der Waals surface area contributed by atoms with Gasteiger partial charge in [0.05, 0.1) is 6.61 Å². The molecule has 0 spiro atoms. The Kier molecular flexibility index (Phi) is 3.56. The molecule has 0 aromatic carbocycles. The summed E-state index contributed by atoms with van der Waals surface area (Å²) in [7, 11) is 0. The molecule has 0 amide bonds. The van der Waals surface area contributed by atoms with E-state index in [0.717, 1.165) is 5.82 Å². The second-order valence-corrected chi connectivity index (χ2v) is 4.13. The van der Waals surface area contributed by atoms with E-state index in [-0.39, 0.29) is 6.61 Å². The van der Waals surface area contributed by atoms with E-state index in [2.05, 4.69) is 14.9 Å². The van der Waals surface area contributed by atoms with E-state index in [9.17, 15) is 0 Å². The van der Waals surface area contributed by atoms with Gasteiger partial charge in [0.25, 0.3) is 0 Å². The maximum Gasteiger partial charge on any atom is 0.221 e. The Hall–Kier alpha value is -1.36. The maximum atomic E-state index is 9.11. The summed E-state index contributed by atoms with van der Waals surface area (Å²) in [5, 5.41) is 9.11. The van der Waals surface area contributed by atoms with Crippen LogP contribution in [0.1, 0.15) is 25.7 Å². The molecule has 0 bridgehead atoms. The molecule has 1 fully saturated rings. The molecule has 1 aliphatic carbocycles. The summed E-state index contributed by atoms with van der Waals surface area (Å²) in [6.45, 7) is 0.752. The molecule has 3 N–H and O–H groups in total. The van der Waals surface area contributed by atoms with E-state index >= 15 is 0 Å². The topological polar surface area (TPSA) is 75.3 Å². The van der Waals surface area contributed by atoms with Gasteiger partial charge >= 0.3 is 0 Å². The Balaban J connectivity index is 2.17. The minimum absolute atomic E-state index is 0.139. The first kappa shape index (κ1) is 11.1. The van der Waals surface area contributed by atoms with Gasteiger partial charge in [0.1, 0.15) is 5.82 Å². The van der Waals surface area contributed by atoms with Gasteiger partial charge < -0.3 is 15.7 Å². The van der Waals surface area contributed by atoms with Gasteiger partial charge in [0, 0.05) is 18.8 Å². The predicted molar refractivity (Wildman–Crippen MR) is 63.1 cm³/mol. The fourth-order valence-corrected chi connectivity index (χ4v) is 2.33. The van der Waals surface area contributed by atoms with Gasteiger partial charge in [-0.3, -0.25) is 0 Å². The molecule has 88 valence electrons. The second kappa shape index (κ2) is 5.12. The van der Waals surface area contributed by atoms with Gasteiger partial charge in [-0.1, -0.05) is 12.8 Å². The number of anilines is 2. The van der Waals surface area contributed by atoms with Crippen molar-refractivity contribution < 1.29 is 5.11 Å². The van der Waals surface area contributed by atoms with E-state index in [0.29, 0.717) is 18.5 Å². The highest BCUT2D eigenvalue weighted by Crippen LogP contribution is 2.26. The fraction of sp³-hybridized carbons (Fsp3) is 0.636. The highest BCUT2D eigenvalue weighted by Gasteiger charge is 2.23. The van der Waals surface area contributed by atoms with Crippen LogP contribution in [0.15, 0.2) is 12.3 Å². The number of hydrogen-bond donors (Lipinski definition) is 2. The smallest absolute Gasteiger partial charge is 0.221 e. The SMILES string of the molecule is Nc1nccc(N(CCO)C2CCCC2)n1. The minimum atomic E-state index is 0.139. The van der Waals surface area contributed by atoms with Crippen molar-refractivity contribution in [3.63, 3.8) is 0 Å². The zero-order valence-electron chi connectivity index (χ0n) is 9.34. The average Bonchev–Trinajstić information content (AvgIpc) is 2.79. The first-order valence-corrected chi connectivity index (χ1v) is 5.77. The molecule has 5 nitrogen and oxygen atoms in total. The molecule has 1 saturated carbocycles. The van der Waals surface area contributed by atoms with E-state index in [1.807, 2.05) is 6.07 Å². The molecular weight excluding hydrogens is 204 g/mol. The summed E-state index contributed by atoms with van der Waals surface area (Å²) in [6.07, 6.45) is 6.52. The van der Waals surface area contributed by atoms with Crippen LogP contribution in [0, 0.1) is 0 Å². The van der Waals surface area contributed by atoms with E-state index in [1.165, 1.54) is 25.7 Å². The van der Waals surface area contributed by atoms with Crippen LogP contribution in [0.4, 0.5) is 11.8 Å². The molecule has 0 saturated heterocycles. The van der Waals surface area contributed by atoms with E-state index in [1.54, 1.807) is 6.20 Å². The Bertz CT molecular complexity index is 339. The van der Waals surface area contributed by atoms with E-state index < -0.39 is 0 Å². The van der Waals surface area contributed by atoms with Gasteiger partial charge in [-0.2, -0.15) is 4.98 Å². The third-order valence-corrected chi connectivity index (χ3v) is 3.06. The predicted octanol–water partition coefficient (Wildman–Crippen LogP) is 0.800. The van der Waals surface area contributed by atoms with Crippen molar-refractivity contribution in [2.75, 3.05) is 23.8 Å². The maximum absolute atomic E-state index is 9.11. The zero-order valence-corrected chi connectivity index (χ0v) is 9.34. The fourth-order valence-electron chi connectivity index (χ4n) is 2.33. The molecule has 0 atom stereocenters. The Morgan fingerprint density at radius 2 is 2.19 bits per heavy atom. The quantitative estimate of drug-likeness (QED) is 0.788. The number of nitrogen functional groups attached to an aromatic ring is 1. The lowest BCUT2D eigenvalue weighted by Gasteiger charge is -2.29. The molecule has 0 aliphatic heterocycles. The summed E-state index contributed by atoms with van der Waals surface area (Å²) in [4.78, 5) is 10.2. The van der Waals surface area contributed by atoms with Gasteiger partial charge in [-0.05, 0) is 18.9 Å². The highest BCUT2D eigenvalue weighted by atomic mass is 16.3. The molecule has 1 aromatic rings. The molecule has 0 unspecified atom stereocenters. The zero-order chi connectivity index (χ0) is 11.4. The average molecular weight is 222 g/mol. The summed E-state index contributed by atoms with van der Waals surface area (Å²) >= 11 is 0. The van der Waals surface area contributed by atoms with E-state index in [4.69, 9.17) is 10.8 Å². The third-order valence-electron chi connectivity index (χ3n) is 3.06. The van der Waals surface area contributed by atoms with Crippen LogP contribution in [-0.2, 0) is 0 Å². The molecule has 1 aromatic heterocycles. The normalized spacial score (nSPS) is 16.6. The standard InChI is InChI=1S/C11H18N4O/c12-11-13-6-5-10(14-11)15(7-8-16)9-3-1-2-4-9/h5-6,9,16H,1-4,7-8H2,(H2,12,13,14). The highest BCUT2D eigenvalue weighted by molar-refractivity contribution is 5.42. The van der Waals surface area contributed by atoms with Gasteiger partial charge in [0.2, 0.25) is 5.95 Å². The van der Waals surface area contributed by atoms with Gasteiger partial charge in [-0.25, -0.2) is 4.98 Å². The van der Waals surface area contributed by atoms with Crippen molar-refractivity contribution in [3.8, 4) is 0 Å². The number of nitrogens with zero attached hydrogens (tertiary/aromatic N) is 3. The van der Waals surface area contributed by atoms with Crippen LogP contribution in [0.3, 0.4) is 0 Å². The molecule has 16 heavy (non-hydrogen) atoms. The summed E-state index contributed by atoms with van der Waals surface area (Å²) in [6, 6.07) is 2.34. The Morgan fingerprint density at radius 1 is 1.44 bits per heavy atom. The lowest BCUT2D eigenvalue weighted by atomic mass is 10.2.